The van der Waals surface area contributed by atoms with Gasteiger partial charge in [0, 0.05) is 19.7 Å². The average molecular weight is 219 g/mol. The average Bonchev–Trinajstić information content (AvgIpc) is 2.19. The molecule has 0 rings (SSSR count). The fraction of sp³-hybridized carbons (Fsp3) is 0.900. The summed E-state index contributed by atoms with van der Waals surface area (Å²) in [7, 11) is 0. The first-order chi connectivity index (χ1) is 6.67. The van der Waals surface area contributed by atoms with Crippen LogP contribution in [0.15, 0.2) is 0 Å². The third kappa shape index (κ3) is 4.86. The highest BCUT2D eigenvalue weighted by molar-refractivity contribution is 8.00. The Morgan fingerprint density at radius 2 is 2.00 bits per heavy atom. The summed E-state index contributed by atoms with van der Waals surface area (Å²) in [5.74, 6) is 1.06. The smallest absolute Gasteiger partial charge is 0.235 e. The molecule has 1 unspecified atom stereocenters. The van der Waals surface area contributed by atoms with E-state index in [2.05, 4.69) is 0 Å². The van der Waals surface area contributed by atoms with Crippen LogP contribution in [0.2, 0.25) is 0 Å². The summed E-state index contributed by atoms with van der Waals surface area (Å²) in [5.41, 5.74) is 0. The summed E-state index contributed by atoms with van der Waals surface area (Å²) in [6.45, 7) is 7.68. The third-order valence-electron chi connectivity index (χ3n) is 2.09. The summed E-state index contributed by atoms with van der Waals surface area (Å²) in [4.78, 5) is 13.6. The van der Waals surface area contributed by atoms with Crippen LogP contribution >= 0.6 is 11.8 Å². The summed E-state index contributed by atoms with van der Waals surface area (Å²) in [6.07, 6.45) is 0.764. The van der Waals surface area contributed by atoms with E-state index in [4.69, 9.17) is 5.11 Å². The molecule has 0 aliphatic rings. The molecule has 1 atom stereocenters. The maximum Gasteiger partial charge on any atom is 0.235 e. The second-order valence-electron chi connectivity index (χ2n) is 3.10. The van der Waals surface area contributed by atoms with Crippen LogP contribution in [-0.2, 0) is 4.79 Å². The molecule has 1 amide bonds. The lowest BCUT2D eigenvalue weighted by Crippen LogP contribution is -2.36. The van der Waals surface area contributed by atoms with Gasteiger partial charge in [-0.15, -0.1) is 11.8 Å². The van der Waals surface area contributed by atoms with Gasteiger partial charge >= 0.3 is 0 Å². The van der Waals surface area contributed by atoms with Crippen LogP contribution in [0.4, 0.5) is 0 Å². The second-order valence-corrected chi connectivity index (χ2v) is 4.55. The minimum Gasteiger partial charge on any atom is -0.396 e. The van der Waals surface area contributed by atoms with Crippen molar-refractivity contribution in [2.24, 2.45) is 0 Å². The Morgan fingerprint density at radius 3 is 2.43 bits per heavy atom. The Balaban J connectivity index is 3.84. The second kappa shape index (κ2) is 8.12. The number of amides is 1. The molecular formula is C10H21NO2S. The molecule has 0 aliphatic heterocycles. The van der Waals surface area contributed by atoms with E-state index < -0.39 is 0 Å². The lowest BCUT2D eigenvalue weighted by molar-refractivity contribution is -0.129. The number of carbonyl (C=O) groups excluding carboxylic acids is 1. The molecule has 0 aromatic heterocycles. The Bertz CT molecular complexity index is 160. The number of thioether (sulfide) groups is 1. The molecule has 0 saturated carbocycles. The van der Waals surface area contributed by atoms with Crippen LogP contribution in [-0.4, -0.2) is 46.6 Å². The number of hydrogen-bond donors (Lipinski definition) is 1. The van der Waals surface area contributed by atoms with Gasteiger partial charge in [0.05, 0.1) is 5.25 Å². The Labute approximate surface area is 90.9 Å². The topological polar surface area (TPSA) is 40.5 Å². The molecule has 0 aromatic carbocycles. The van der Waals surface area contributed by atoms with Crippen molar-refractivity contribution < 1.29 is 9.90 Å². The van der Waals surface area contributed by atoms with Gasteiger partial charge in [-0.1, -0.05) is 0 Å². The predicted molar refractivity (Wildman–Crippen MR) is 61.6 cm³/mol. The van der Waals surface area contributed by atoms with Gasteiger partial charge in [-0.05, 0) is 32.9 Å². The maximum absolute atomic E-state index is 11.7. The first-order valence-corrected chi connectivity index (χ1v) is 6.23. The molecule has 0 aliphatic carbocycles. The van der Waals surface area contributed by atoms with Crippen LogP contribution in [0.5, 0.6) is 0 Å². The number of aliphatic hydroxyl groups excluding tert-OH is 1. The summed E-state index contributed by atoms with van der Waals surface area (Å²) < 4.78 is 0. The van der Waals surface area contributed by atoms with Crippen molar-refractivity contribution in [3.05, 3.63) is 0 Å². The molecule has 0 saturated heterocycles. The van der Waals surface area contributed by atoms with Gasteiger partial charge in [-0.3, -0.25) is 4.79 Å². The van der Waals surface area contributed by atoms with Crippen molar-refractivity contribution in [3.8, 4) is 0 Å². The van der Waals surface area contributed by atoms with E-state index in [1.807, 2.05) is 25.7 Å². The molecule has 1 N–H and O–H groups in total. The van der Waals surface area contributed by atoms with Gasteiger partial charge in [0.1, 0.15) is 0 Å². The van der Waals surface area contributed by atoms with Gasteiger partial charge in [-0.2, -0.15) is 0 Å². The highest BCUT2D eigenvalue weighted by atomic mass is 32.2. The Kier molecular flexibility index (Phi) is 7.99. The van der Waals surface area contributed by atoms with Gasteiger partial charge in [0.15, 0.2) is 0 Å². The standard InChI is InChI=1S/C10H21NO2S/c1-4-11(5-2)10(13)9(3)14-8-6-7-12/h9,12H,4-8H2,1-3H3. The fourth-order valence-corrected chi connectivity index (χ4v) is 2.13. The molecule has 0 aromatic rings. The molecular weight excluding hydrogens is 198 g/mol. The first-order valence-electron chi connectivity index (χ1n) is 5.18. The van der Waals surface area contributed by atoms with Crippen molar-refractivity contribution >= 4 is 17.7 Å². The molecule has 0 heterocycles. The Morgan fingerprint density at radius 1 is 1.43 bits per heavy atom. The van der Waals surface area contributed by atoms with Crippen LogP contribution in [0.3, 0.4) is 0 Å². The normalized spacial score (nSPS) is 12.6. The van der Waals surface area contributed by atoms with Crippen LogP contribution < -0.4 is 0 Å². The van der Waals surface area contributed by atoms with E-state index in [-0.39, 0.29) is 17.8 Å². The lowest BCUT2D eigenvalue weighted by atomic mass is 10.4. The minimum absolute atomic E-state index is 0.0152. The molecule has 84 valence electrons. The maximum atomic E-state index is 11.7. The molecule has 3 nitrogen and oxygen atoms in total. The van der Waals surface area contributed by atoms with Crippen LogP contribution in [0, 0.1) is 0 Å². The first kappa shape index (κ1) is 13.8. The number of nitrogens with zero attached hydrogens (tertiary/aromatic N) is 1. The summed E-state index contributed by atoms with van der Waals surface area (Å²) in [5, 5.41) is 8.63. The number of carbonyl (C=O) groups is 1. The van der Waals surface area contributed by atoms with Gasteiger partial charge < -0.3 is 10.0 Å². The third-order valence-corrected chi connectivity index (χ3v) is 3.32. The van der Waals surface area contributed by atoms with Gasteiger partial charge in [-0.25, -0.2) is 0 Å². The van der Waals surface area contributed by atoms with Crippen molar-refractivity contribution in [1.82, 2.24) is 4.90 Å². The number of rotatable bonds is 7. The van der Waals surface area contributed by atoms with Crippen molar-refractivity contribution in [2.75, 3.05) is 25.4 Å². The fourth-order valence-electron chi connectivity index (χ4n) is 1.19. The van der Waals surface area contributed by atoms with E-state index in [0.717, 1.165) is 25.3 Å². The SMILES string of the molecule is CCN(CC)C(=O)C(C)SCCCO. The highest BCUT2D eigenvalue weighted by Gasteiger charge is 2.17. The quantitative estimate of drug-likeness (QED) is 0.657. The molecule has 0 radical (unpaired) electrons. The van der Waals surface area contributed by atoms with E-state index in [0.29, 0.717) is 0 Å². The van der Waals surface area contributed by atoms with Gasteiger partial charge in [0.25, 0.3) is 0 Å². The van der Waals surface area contributed by atoms with Crippen molar-refractivity contribution in [2.45, 2.75) is 32.4 Å². The minimum atomic E-state index is 0.0152. The van der Waals surface area contributed by atoms with E-state index in [1.165, 1.54) is 0 Å². The zero-order valence-electron chi connectivity index (χ0n) is 9.32. The van der Waals surface area contributed by atoms with Crippen molar-refractivity contribution in [3.63, 3.8) is 0 Å². The number of aliphatic hydroxyl groups is 1. The van der Waals surface area contributed by atoms with Crippen molar-refractivity contribution in [1.29, 1.82) is 0 Å². The largest absolute Gasteiger partial charge is 0.396 e. The molecule has 0 bridgehead atoms. The van der Waals surface area contributed by atoms with Gasteiger partial charge in [0.2, 0.25) is 5.91 Å². The van der Waals surface area contributed by atoms with E-state index >= 15 is 0 Å². The molecule has 0 spiro atoms. The molecule has 0 fully saturated rings. The zero-order valence-corrected chi connectivity index (χ0v) is 10.1. The van der Waals surface area contributed by atoms with Crippen LogP contribution in [0.25, 0.3) is 0 Å². The lowest BCUT2D eigenvalue weighted by Gasteiger charge is -2.22. The van der Waals surface area contributed by atoms with E-state index in [9.17, 15) is 4.79 Å². The number of hydrogen-bond acceptors (Lipinski definition) is 3. The summed E-state index contributed by atoms with van der Waals surface area (Å²) >= 11 is 1.62. The molecule has 14 heavy (non-hydrogen) atoms. The summed E-state index contributed by atoms with van der Waals surface area (Å²) in [6, 6.07) is 0. The molecule has 4 heteroatoms. The van der Waals surface area contributed by atoms with Crippen LogP contribution in [0.1, 0.15) is 27.2 Å². The zero-order chi connectivity index (χ0) is 11.0. The Hall–Kier alpha value is -0.220. The van der Waals surface area contributed by atoms with E-state index in [1.54, 1.807) is 11.8 Å². The highest BCUT2D eigenvalue weighted by Crippen LogP contribution is 2.14. The predicted octanol–water partition coefficient (Wildman–Crippen LogP) is 1.36. The monoisotopic (exact) mass is 219 g/mol.